The van der Waals surface area contributed by atoms with E-state index in [0.29, 0.717) is 0 Å². The van der Waals surface area contributed by atoms with Crippen molar-refractivity contribution in [2.24, 2.45) is 0 Å². The number of carboxylic acid groups (broad SMARTS) is 1. The van der Waals surface area contributed by atoms with Gasteiger partial charge in [0.25, 0.3) is 11.5 Å². The van der Waals surface area contributed by atoms with Gasteiger partial charge in [0.15, 0.2) is 11.4 Å². The van der Waals surface area contributed by atoms with Crippen LogP contribution in [0.5, 0.6) is 5.88 Å². The minimum Gasteiger partial charge on any atom is -0.494 e. The van der Waals surface area contributed by atoms with Crippen molar-refractivity contribution in [3.63, 3.8) is 0 Å². The maximum Gasteiger partial charge on any atom is 0.331 e. The summed E-state index contributed by atoms with van der Waals surface area (Å²) in [6, 6.07) is 2.02. The lowest BCUT2D eigenvalue weighted by Gasteiger charge is -2.23. The molecule has 1 aliphatic rings. The minimum atomic E-state index is -1.49. The lowest BCUT2D eigenvalue weighted by atomic mass is 9.98. The average Bonchev–Trinajstić information content (AvgIpc) is 2.77. The van der Waals surface area contributed by atoms with Gasteiger partial charge in [-0.3, -0.25) is 14.6 Å². The van der Waals surface area contributed by atoms with Crippen molar-refractivity contribution in [2.75, 3.05) is 13.2 Å². The molecule has 1 saturated heterocycles. The van der Waals surface area contributed by atoms with Gasteiger partial charge in [0.05, 0.1) is 12.2 Å². The number of ether oxygens (including phenoxy) is 1. The van der Waals surface area contributed by atoms with Crippen molar-refractivity contribution < 1.29 is 24.5 Å². The number of hydrogen-bond acceptors (Lipinski definition) is 5. The molecule has 1 aliphatic heterocycles. The van der Waals surface area contributed by atoms with E-state index >= 15 is 0 Å². The second-order valence-electron chi connectivity index (χ2n) is 4.26. The second kappa shape index (κ2) is 4.73. The first-order chi connectivity index (χ1) is 8.93. The zero-order valence-electron chi connectivity index (χ0n) is 9.80. The Bertz CT molecular complexity index is 573. The molecule has 1 aromatic heterocycles. The Balaban J connectivity index is 2.25. The molecular weight excluding hydrogens is 256 g/mol. The molecule has 102 valence electrons. The van der Waals surface area contributed by atoms with Crippen LogP contribution in [0.25, 0.3) is 0 Å². The molecule has 1 aromatic rings. The van der Waals surface area contributed by atoms with E-state index in [1.54, 1.807) is 0 Å². The summed E-state index contributed by atoms with van der Waals surface area (Å²) in [5, 5.41) is 20.7. The van der Waals surface area contributed by atoms with E-state index in [4.69, 9.17) is 9.84 Å². The molecule has 19 heavy (non-hydrogen) atoms. The Kier molecular flexibility index (Phi) is 3.26. The molecular formula is C11H12N2O6. The second-order valence-corrected chi connectivity index (χ2v) is 4.26. The number of aromatic nitrogens is 1. The highest BCUT2D eigenvalue weighted by atomic mass is 16.5. The van der Waals surface area contributed by atoms with E-state index in [9.17, 15) is 19.5 Å². The number of H-pyrrole nitrogens is 1. The van der Waals surface area contributed by atoms with Crippen LogP contribution in [0.3, 0.4) is 0 Å². The number of amides is 1. The standard InChI is InChI=1S/C11H12N2O6/c14-7-3-6(4-8(15)12-7)9(16)13-11(10(17)18)1-2-19-5-11/h3-4H,1-2,5H2,(H,13,16)(H,17,18)(H2,12,14,15). The van der Waals surface area contributed by atoms with Crippen LogP contribution >= 0.6 is 0 Å². The summed E-state index contributed by atoms with van der Waals surface area (Å²) >= 11 is 0. The largest absolute Gasteiger partial charge is 0.494 e. The van der Waals surface area contributed by atoms with Crippen molar-refractivity contribution in [2.45, 2.75) is 12.0 Å². The molecule has 2 rings (SSSR count). The summed E-state index contributed by atoms with van der Waals surface area (Å²) in [6.45, 7) is 0.0937. The Morgan fingerprint density at radius 2 is 2.16 bits per heavy atom. The van der Waals surface area contributed by atoms with Crippen molar-refractivity contribution in [1.82, 2.24) is 10.3 Å². The van der Waals surface area contributed by atoms with Gasteiger partial charge in [0, 0.05) is 25.2 Å². The number of carbonyl (C=O) groups is 2. The average molecular weight is 268 g/mol. The molecule has 4 N–H and O–H groups in total. The number of rotatable bonds is 3. The molecule has 1 amide bonds. The molecule has 1 fully saturated rings. The summed E-state index contributed by atoms with van der Waals surface area (Å²) in [6.07, 6.45) is 0.142. The SMILES string of the molecule is O=C(NC1(C(=O)O)CCOC1)c1cc(O)[nH]c(=O)c1. The van der Waals surface area contributed by atoms with Gasteiger partial charge in [0.1, 0.15) is 0 Å². The van der Waals surface area contributed by atoms with Crippen LogP contribution < -0.4 is 10.9 Å². The van der Waals surface area contributed by atoms with Crippen LogP contribution in [0, 0.1) is 0 Å². The number of carboxylic acids is 1. The van der Waals surface area contributed by atoms with Gasteiger partial charge >= 0.3 is 5.97 Å². The van der Waals surface area contributed by atoms with Gasteiger partial charge in [-0.1, -0.05) is 0 Å². The summed E-state index contributed by atoms with van der Waals surface area (Å²) in [5.41, 5.74) is -2.26. The smallest absolute Gasteiger partial charge is 0.331 e. The highest BCUT2D eigenvalue weighted by Crippen LogP contribution is 2.19. The predicted octanol–water partition coefficient (Wildman–Crippen LogP) is -0.946. The number of nitrogens with one attached hydrogen (secondary N) is 2. The molecule has 2 heterocycles. The van der Waals surface area contributed by atoms with Gasteiger partial charge in [-0.15, -0.1) is 0 Å². The van der Waals surface area contributed by atoms with Gasteiger partial charge in [-0.05, 0) is 0 Å². The van der Waals surface area contributed by atoms with Crippen LogP contribution in [0.1, 0.15) is 16.8 Å². The normalized spacial score (nSPS) is 22.1. The maximum atomic E-state index is 11.9. The summed E-state index contributed by atoms with van der Waals surface area (Å²) in [5.74, 6) is -2.42. The lowest BCUT2D eigenvalue weighted by molar-refractivity contribution is -0.144. The fourth-order valence-electron chi connectivity index (χ4n) is 1.83. The van der Waals surface area contributed by atoms with Crippen LogP contribution in [0.15, 0.2) is 16.9 Å². The predicted molar refractivity (Wildman–Crippen MR) is 62.0 cm³/mol. The summed E-state index contributed by atoms with van der Waals surface area (Å²) in [7, 11) is 0. The molecule has 0 bridgehead atoms. The topological polar surface area (TPSA) is 129 Å². The molecule has 0 aliphatic carbocycles. The first kappa shape index (κ1) is 13.1. The summed E-state index contributed by atoms with van der Waals surface area (Å²) in [4.78, 5) is 36.3. The Hall–Kier alpha value is -2.35. The Labute approximate surface area is 107 Å². The highest BCUT2D eigenvalue weighted by Gasteiger charge is 2.44. The van der Waals surface area contributed by atoms with E-state index in [2.05, 4.69) is 10.3 Å². The Morgan fingerprint density at radius 1 is 1.42 bits per heavy atom. The van der Waals surface area contributed by atoms with Crippen molar-refractivity contribution in [1.29, 1.82) is 0 Å². The van der Waals surface area contributed by atoms with Gasteiger partial charge in [0.2, 0.25) is 0 Å². The van der Waals surface area contributed by atoms with E-state index in [1.165, 1.54) is 0 Å². The van der Waals surface area contributed by atoms with Crippen LogP contribution in [-0.2, 0) is 9.53 Å². The number of carbonyl (C=O) groups excluding carboxylic acids is 1. The maximum absolute atomic E-state index is 11.9. The van der Waals surface area contributed by atoms with Gasteiger partial charge in [-0.25, -0.2) is 4.79 Å². The Morgan fingerprint density at radius 3 is 2.68 bits per heavy atom. The third-order valence-electron chi connectivity index (χ3n) is 2.88. The van der Waals surface area contributed by atoms with E-state index < -0.39 is 28.9 Å². The number of aromatic hydroxyl groups is 1. The molecule has 0 radical (unpaired) electrons. The number of aromatic amines is 1. The zero-order chi connectivity index (χ0) is 14.0. The first-order valence-electron chi connectivity index (χ1n) is 5.50. The fraction of sp³-hybridized carbons (Fsp3) is 0.364. The quantitative estimate of drug-likeness (QED) is 0.559. The van der Waals surface area contributed by atoms with Gasteiger partial charge in [-0.2, -0.15) is 0 Å². The monoisotopic (exact) mass is 268 g/mol. The lowest BCUT2D eigenvalue weighted by Crippen LogP contribution is -2.55. The highest BCUT2D eigenvalue weighted by molar-refractivity contribution is 5.98. The molecule has 0 aromatic carbocycles. The molecule has 1 unspecified atom stereocenters. The van der Waals surface area contributed by atoms with E-state index in [1.807, 2.05) is 0 Å². The van der Waals surface area contributed by atoms with E-state index in [0.717, 1.165) is 12.1 Å². The van der Waals surface area contributed by atoms with E-state index in [-0.39, 0.29) is 25.2 Å². The molecule has 8 nitrogen and oxygen atoms in total. The first-order valence-corrected chi connectivity index (χ1v) is 5.50. The third-order valence-corrected chi connectivity index (χ3v) is 2.88. The third kappa shape index (κ3) is 2.58. The van der Waals surface area contributed by atoms with Crippen LogP contribution in [0.4, 0.5) is 0 Å². The molecule has 0 spiro atoms. The van der Waals surface area contributed by atoms with Crippen LogP contribution in [0.2, 0.25) is 0 Å². The number of hydrogen-bond donors (Lipinski definition) is 4. The molecule has 1 atom stereocenters. The summed E-state index contributed by atoms with van der Waals surface area (Å²) < 4.78 is 4.99. The van der Waals surface area contributed by atoms with Crippen molar-refractivity contribution in [3.8, 4) is 5.88 Å². The molecule has 0 saturated carbocycles. The number of aliphatic carboxylic acids is 1. The van der Waals surface area contributed by atoms with Gasteiger partial charge < -0.3 is 20.3 Å². The van der Waals surface area contributed by atoms with Crippen molar-refractivity contribution in [3.05, 3.63) is 28.0 Å². The van der Waals surface area contributed by atoms with Crippen molar-refractivity contribution >= 4 is 11.9 Å². The fourth-order valence-corrected chi connectivity index (χ4v) is 1.83. The number of pyridine rings is 1. The molecule has 8 heteroatoms. The zero-order valence-corrected chi connectivity index (χ0v) is 9.80. The van der Waals surface area contributed by atoms with Crippen LogP contribution in [-0.4, -0.2) is 45.8 Å². The minimum absolute atomic E-state index is 0.117.